The number of aliphatic hydroxyl groups is 1. The lowest BCUT2D eigenvalue weighted by atomic mass is 10.1. The minimum absolute atomic E-state index is 0.226. The lowest BCUT2D eigenvalue weighted by Crippen LogP contribution is -2.53. The van der Waals surface area contributed by atoms with Crippen LogP contribution in [0.25, 0.3) is 0 Å². The molecule has 1 saturated carbocycles. The zero-order chi connectivity index (χ0) is 12.3. The second kappa shape index (κ2) is 5.65. The van der Waals surface area contributed by atoms with E-state index in [2.05, 4.69) is 10.0 Å². The molecule has 100 valence electrons. The zero-order valence-electron chi connectivity index (χ0n) is 10.1. The molecule has 1 aliphatic heterocycles. The largest absolute Gasteiger partial charge is 0.390 e. The molecule has 0 amide bonds. The fourth-order valence-electron chi connectivity index (χ4n) is 2.75. The number of β-amino-alcohol motifs (C(OH)–C–C–N with tert-alkyl or cyclic N) is 1. The smallest absolute Gasteiger partial charge is 0.212 e. The third-order valence-electron chi connectivity index (χ3n) is 3.71. The van der Waals surface area contributed by atoms with Gasteiger partial charge in [-0.3, -0.25) is 0 Å². The number of hydrogen-bond donors (Lipinski definition) is 3. The van der Waals surface area contributed by atoms with Crippen LogP contribution in [0.3, 0.4) is 0 Å². The Hall–Kier alpha value is -0.170. The van der Waals surface area contributed by atoms with E-state index in [1.54, 1.807) is 0 Å². The Kier molecular flexibility index (Phi) is 4.41. The van der Waals surface area contributed by atoms with Crippen LogP contribution in [0.15, 0.2) is 0 Å². The van der Waals surface area contributed by atoms with Crippen molar-refractivity contribution in [1.29, 1.82) is 0 Å². The van der Waals surface area contributed by atoms with E-state index in [-0.39, 0.29) is 11.8 Å². The predicted molar refractivity (Wildman–Crippen MR) is 66.2 cm³/mol. The number of nitrogens with one attached hydrogen (secondary N) is 2. The van der Waals surface area contributed by atoms with E-state index < -0.39 is 16.1 Å². The minimum Gasteiger partial charge on any atom is -0.390 e. The third kappa shape index (κ3) is 3.91. The van der Waals surface area contributed by atoms with Crippen LogP contribution in [0.2, 0.25) is 0 Å². The molecule has 6 heteroatoms. The predicted octanol–water partition coefficient (Wildman–Crippen LogP) is -0.181. The fourth-order valence-corrected chi connectivity index (χ4v) is 4.53. The Morgan fingerprint density at radius 2 is 1.94 bits per heavy atom. The highest BCUT2D eigenvalue weighted by molar-refractivity contribution is 7.89. The van der Waals surface area contributed by atoms with E-state index in [0.717, 1.165) is 32.2 Å². The Labute approximate surface area is 103 Å². The molecule has 2 atom stereocenters. The standard InChI is InChI=1S/C11H22N2O3S/c14-11-7-12-6-5-10(11)13-17(15,16)8-9-3-1-2-4-9/h9-14H,1-8H2/t10-,11-/m1/s1. The van der Waals surface area contributed by atoms with Gasteiger partial charge in [-0.1, -0.05) is 12.8 Å². The van der Waals surface area contributed by atoms with Crippen LogP contribution in [-0.2, 0) is 10.0 Å². The van der Waals surface area contributed by atoms with E-state index in [1.807, 2.05) is 0 Å². The first-order valence-electron chi connectivity index (χ1n) is 6.45. The number of sulfonamides is 1. The van der Waals surface area contributed by atoms with E-state index >= 15 is 0 Å². The van der Waals surface area contributed by atoms with Crippen molar-refractivity contribution < 1.29 is 13.5 Å². The van der Waals surface area contributed by atoms with Crippen molar-refractivity contribution in [1.82, 2.24) is 10.0 Å². The normalized spacial score (nSPS) is 31.8. The van der Waals surface area contributed by atoms with Gasteiger partial charge >= 0.3 is 0 Å². The average molecular weight is 262 g/mol. The summed E-state index contributed by atoms with van der Waals surface area (Å²) in [6.07, 6.45) is 4.39. The highest BCUT2D eigenvalue weighted by atomic mass is 32.2. The van der Waals surface area contributed by atoms with E-state index in [9.17, 15) is 13.5 Å². The molecule has 1 aliphatic carbocycles. The summed E-state index contributed by atoms with van der Waals surface area (Å²) in [5.74, 6) is 0.537. The van der Waals surface area contributed by atoms with Crippen LogP contribution in [0.4, 0.5) is 0 Å². The maximum absolute atomic E-state index is 12.0. The van der Waals surface area contributed by atoms with Crippen LogP contribution in [0.5, 0.6) is 0 Å². The fraction of sp³-hybridized carbons (Fsp3) is 1.00. The van der Waals surface area contributed by atoms with Crippen molar-refractivity contribution in [2.24, 2.45) is 5.92 Å². The first-order valence-corrected chi connectivity index (χ1v) is 8.11. The van der Waals surface area contributed by atoms with Crippen molar-refractivity contribution in [3.05, 3.63) is 0 Å². The van der Waals surface area contributed by atoms with Crippen molar-refractivity contribution in [3.8, 4) is 0 Å². The van der Waals surface area contributed by atoms with Gasteiger partial charge in [-0.25, -0.2) is 13.1 Å². The van der Waals surface area contributed by atoms with Gasteiger partial charge in [-0.05, 0) is 31.7 Å². The van der Waals surface area contributed by atoms with Gasteiger partial charge < -0.3 is 10.4 Å². The molecule has 1 heterocycles. The first kappa shape index (κ1) is 13.3. The van der Waals surface area contributed by atoms with Crippen LogP contribution >= 0.6 is 0 Å². The highest BCUT2D eigenvalue weighted by Crippen LogP contribution is 2.25. The number of piperidine rings is 1. The molecule has 0 aromatic rings. The molecule has 0 aromatic heterocycles. The molecular weight excluding hydrogens is 240 g/mol. The van der Waals surface area contributed by atoms with Gasteiger partial charge in [0, 0.05) is 6.54 Å². The van der Waals surface area contributed by atoms with Gasteiger partial charge in [-0.2, -0.15) is 0 Å². The molecule has 0 radical (unpaired) electrons. The maximum Gasteiger partial charge on any atom is 0.212 e. The molecule has 5 nitrogen and oxygen atoms in total. The lowest BCUT2D eigenvalue weighted by Gasteiger charge is -2.29. The lowest BCUT2D eigenvalue weighted by molar-refractivity contribution is 0.113. The Morgan fingerprint density at radius 1 is 1.24 bits per heavy atom. The molecular formula is C11H22N2O3S. The van der Waals surface area contributed by atoms with Crippen LogP contribution in [0.1, 0.15) is 32.1 Å². The molecule has 17 heavy (non-hydrogen) atoms. The number of aliphatic hydroxyl groups excluding tert-OH is 1. The Bertz CT molecular complexity index is 339. The molecule has 0 aromatic carbocycles. The van der Waals surface area contributed by atoms with Crippen molar-refractivity contribution in [2.75, 3.05) is 18.8 Å². The summed E-state index contributed by atoms with van der Waals surface area (Å²) in [4.78, 5) is 0. The van der Waals surface area contributed by atoms with E-state index in [1.165, 1.54) is 0 Å². The Morgan fingerprint density at radius 3 is 2.59 bits per heavy atom. The molecule has 3 N–H and O–H groups in total. The van der Waals surface area contributed by atoms with Gasteiger partial charge in [-0.15, -0.1) is 0 Å². The minimum atomic E-state index is -3.24. The summed E-state index contributed by atoms with van der Waals surface area (Å²) in [6, 6.07) is -0.317. The topological polar surface area (TPSA) is 78.4 Å². The summed E-state index contributed by atoms with van der Waals surface area (Å²) in [7, 11) is -3.24. The van der Waals surface area contributed by atoms with Gasteiger partial charge in [0.25, 0.3) is 0 Å². The van der Waals surface area contributed by atoms with E-state index in [4.69, 9.17) is 0 Å². The second-order valence-corrected chi connectivity index (χ2v) is 7.01. The highest BCUT2D eigenvalue weighted by Gasteiger charge is 2.29. The maximum atomic E-state index is 12.0. The first-order chi connectivity index (χ1) is 8.07. The second-order valence-electron chi connectivity index (χ2n) is 5.22. The van der Waals surface area contributed by atoms with Gasteiger partial charge in [0.1, 0.15) is 0 Å². The molecule has 2 rings (SSSR count). The summed E-state index contributed by atoms with van der Waals surface area (Å²) < 4.78 is 26.6. The van der Waals surface area contributed by atoms with E-state index in [0.29, 0.717) is 18.9 Å². The van der Waals surface area contributed by atoms with Crippen molar-refractivity contribution >= 4 is 10.0 Å². The van der Waals surface area contributed by atoms with Crippen molar-refractivity contribution in [2.45, 2.75) is 44.2 Å². The van der Waals surface area contributed by atoms with Crippen LogP contribution in [-0.4, -0.2) is 44.5 Å². The Balaban J connectivity index is 1.87. The average Bonchev–Trinajstić information content (AvgIpc) is 2.73. The third-order valence-corrected chi connectivity index (χ3v) is 5.28. The molecule has 2 fully saturated rings. The SMILES string of the molecule is O=S(=O)(CC1CCCC1)N[C@@H]1CCNC[C@H]1O. The van der Waals surface area contributed by atoms with Crippen LogP contribution in [0, 0.1) is 5.92 Å². The summed E-state index contributed by atoms with van der Waals surface area (Å²) in [5, 5.41) is 12.7. The molecule has 0 spiro atoms. The summed E-state index contributed by atoms with van der Waals surface area (Å²) in [6.45, 7) is 1.23. The van der Waals surface area contributed by atoms with Crippen LogP contribution < -0.4 is 10.0 Å². The molecule has 0 bridgehead atoms. The summed E-state index contributed by atoms with van der Waals surface area (Å²) >= 11 is 0. The summed E-state index contributed by atoms with van der Waals surface area (Å²) in [5.41, 5.74) is 0. The van der Waals surface area contributed by atoms with Crippen molar-refractivity contribution in [3.63, 3.8) is 0 Å². The molecule has 1 saturated heterocycles. The van der Waals surface area contributed by atoms with Gasteiger partial charge in [0.15, 0.2) is 0 Å². The number of rotatable bonds is 4. The zero-order valence-corrected chi connectivity index (χ0v) is 10.9. The molecule has 2 aliphatic rings. The van der Waals surface area contributed by atoms with Gasteiger partial charge in [0.2, 0.25) is 10.0 Å². The quantitative estimate of drug-likeness (QED) is 0.657. The van der Waals surface area contributed by atoms with Gasteiger partial charge in [0.05, 0.1) is 17.9 Å². The molecule has 0 unspecified atom stereocenters. The monoisotopic (exact) mass is 262 g/mol. The number of hydrogen-bond acceptors (Lipinski definition) is 4.